The number of benzene rings is 1. The Labute approximate surface area is 106 Å². The SMILES string of the molecule is COc1ccc(C(=O)NCCCC(C)N)c(F)c1. The van der Waals surface area contributed by atoms with E-state index < -0.39 is 11.7 Å². The van der Waals surface area contributed by atoms with Crippen LogP contribution in [0.2, 0.25) is 0 Å². The van der Waals surface area contributed by atoms with E-state index in [4.69, 9.17) is 10.5 Å². The highest BCUT2D eigenvalue weighted by Gasteiger charge is 2.11. The van der Waals surface area contributed by atoms with E-state index in [9.17, 15) is 9.18 Å². The molecule has 0 aromatic heterocycles. The van der Waals surface area contributed by atoms with Gasteiger partial charge in [0.25, 0.3) is 5.91 Å². The molecule has 1 atom stereocenters. The van der Waals surface area contributed by atoms with Crippen LogP contribution in [0.3, 0.4) is 0 Å². The van der Waals surface area contributed by atoms with Gasteiger partial charge in [-0.15, -0.1) is 0 Å². The van der Waals surface area contributed by atoms with Gasteiger partial charge in [-0.05, 0) is 31.9 Å². The normalized spacial score (nSPS) is 12.0. The van der Waals surface area contributed by atoms with Crippen molar-refractivity contribution in [3.8, 4) is 5.75 Å². The third-order valence-corrected chi connectivity index (χ3v) is 2.54. The largest absolute Gasteiger partial charge is 0.497 e. The molecule has 0 heterocycles. The molecular weight excluding hydrogens is 235 g/mol. The van der Waals surface area contributed by atoms with Crippen LogP contribution in [-0.2, 0) is 0 Å². The summed E-state index contributed by atoms with van der Waals surface area (Å²) in [6.45, 7) is 2.40. The quantitative estimate of drug-likeness (QED) is 0.759. The number of nitrogens with two attached hydrogens (primary N) is 1. The van der Waals surface area contributed by atoms with Gasteiger partial charge < -0.3 is 15.8 Å². The number of amides is 1. The van der Waals surface area contributed by atoms with Crippen molar-refractivity contribution in [1.82, 2.24) is 5.32 Å². The summed E-state index contributed by atoms with van der Waals surface area (Å²) < 4.78 is 18.4. The second kappa shape index (κ2) is 6.96. The molecular formula is C13H19FN2O2. The minimum Gasteiger partial charge on any atom is -0.497 e. The summed E-state index contributed by atoms with van der Waals surface area (Å²) in [5, 5.41) is 2.66. The standard InChI is InChI=1S/C13H19FN2O2/c1-9(15)4-3-7-16-13(17)11-6-5-10(18-2)8-12(11)14/h5-6,8-9H,3-4,7,15H2,1-2H3,(H,16,17). The van der Waals surface area contributed by atoms with Gasteiger partial charge in [-0.2, -0.15) is 0 Å². The molecule has 1 amide bonds. The monoisotopic (exact) mass is 254 g/mol. The van der Waals surface area contributed by atoms with Crippen LogP contribution in [0.1, 0.15) is 30.1 Å². The molecule has 0 bridgehead atoms. The predicted octanol–water partition coefficient (Wildman–Crippen LogP) is 1.69. The molecule has 3 N–H and O–H groups in total. The summed E-state index contributed by atoms with van der Waals surface area (Å²) in [6, 6.07) is 4.27. The summed E-state index contributed by atoms with van der Waals surface area (Å²) in [4.78, 5) is 11.7. The second-order valence-electron chi connectivity index (χ2n) is 4.22. The average molecular weight is 254 g/mol. The smallest absolute Gasteiger partial charge is 0.254 e. The van der Waals surface area contributed by atoms with E-state index in [1.54, 1.807) is 6.07 Å². The number of rotatable bonds is 6. The Kier molecular flexibility index (Phi) is 5.58. The van der Waals surface area contributed by atoms with Gasteiger partial charge in [0.15, 0.2) is 0 Å². The zero-order valence-electron chi connectivity index (χ0n) is 10.7. The van der Waals surface area contributed by atoms with Gasteiger partial charge in [0.2, 0.25) is 0 Å². The van der Waals surface area contributed by atoms with Crippen LogP contribution in [0, 0.1) is 5.82 Å². The molecule has 5 heteroatoms. The van der Waals surface area contributed by atoms with Crippen LogP contribution in [0.5, 0.6) is 5.75 Å². The van der Waals surface area contributed by atoms with E-state index in [-0.39, 0.29) is 11.6 Å². The number of hydrogen-bond acceptors (Lipinski definition) is 3. The minimum atomic E-state index is -0.584. The molecule has 1 aromatic rings. The lowest BCUT2D eigenvalue weighted by Crippen LogP contribution is -2.26. The van der Waals surface area contributed by atoms with Crippen molar-refractivity contribution >= 4 is 5.91 Å². The zero-order chi connectivity index (χ0) is 13.5. The highest BCUT2D eigenvalue weighted by molar-refractivity contribution is 5.94. The fourth-order valence-corrected chi connectivity index (χ4v) is 1.53. The molecule has 18 heavy (non-hydrogen) atoms. The first-order valence-electron chi connectivity index (χ1n) is 5.92. The van der Waals surface area contributed by atoms with Crippen molar-refractivity contribution < 1.29 is 13.9 Å². The average Bonchev–Trinajstić information content (AvgIpc) is 2.33. The summed E-state index contributed by atoms with van der Waals surface area (Å²) in [7, 11) is 1.45. The lowest BCUT2D eigenvalue weighted by atomic mass is 10.1. The van der Waals surface area contributed by atoms with Crippen LogP contribution in [0.15, 0.2) is 18.2 Å². The Morgan fingerprint density at radius 2 is 2.28 bits per heavy atom. The number of carbonyl (C=O) groups excluding carboxylic acids is 1. The maximum absolute atomic E-state index is 13.6. The number of halogens is 1. The van der Waals surface area contributed by atoms with Crippen molar-refractivity contribution in [2.24, 2.45) is 5.73 Å². The molecule has 0 aliphatic heterocycles. The Bertz CT molecular complexity index is 408. The van der Waals surface area contributed by atoms with Gasteiger partial charge in [0, 0.05) is 18.7 Å². The molecule has 1 aromatic carbocycles. The molecule has 1 unspecified atom stereocenters. The highest BCUT2D eigenvalue weighted by atomic mass is 19.1. The number of nitrogens with one attached hydrogen (secondary N) is 1. The van der Waals surface area contributed by atoms with Gasteiger partial charge in [0.1, 0.15) is 11.6 Å². The molecule has 4 nitrogen and oxygen atoms in total. The summed E-state index contributed by atoms with van der Waals surface area (Å²) >= 11 is 0. The van der Waals surface area contributed by atoms with Crippen LogP contribution in [0.25, 0.3) is 0 Å². The first-order chi connectivity index (χ1) is 8.54. The van der Waals surface area contributed by atoms with Gasteiger partial charge in [-0.25, -0.2) is 4.39 Å². The van der Waals surface area contributed by atoms with Crippen molar-refractivity contribution in [3.63, 3.8) is 0 Å². The summed E-state index contributed by atoms with van der Waals surface area (Å²) in [5.74, 6) is -0.611. The summed E-state index contributed by atoms with van der Waals surface area (Å²) in [6.07, 6.45) is 1.60. The molecule has 0 saturated carbocycles. The third-order valence-electron chi connectivity index (χ3n) is 2.54. The number of carbonyl (C=O) groups is 1. The van der Waals surface area contributed by atoms with Gasteiger partial charge in [-0.1, -0.05) is 0 Å². The Morgan fingerprint density at radius 3 is 2.83 bits per heavy atom. The maximum Gasteiger partial charge on any atom is 0.254 e. The van der Waals surface area contributed by atoms with Crippen LogP contribution in [-0.4, -0.2) is 25.6 Å². The molecule has 0 spiro atoms. The fraction of sp³-hybridized carbons (Fsp3) is 0.462. The van der Waals surface area contributed by atoms with Gasteiger partial charge in [0.05, 0.1) is 12.7 Å². The van der Waals surface area contributed by atoms with Crippen LogP contribution >= 0.6 is 0 Å². The third kappa shape index (κ3) is 4.33. The van der Waals surface area contributed by atoms with Crippen molar-refractivity contribution in [2.45, 2.75) is 25.8 Å². The van der Waals surface area contributed by atoms with Crippen molar-refractivity contribution in [3.05, 3.63) is 29.6 Å². The van der Waals surface area contributed by atoms with E-state index in [1.807, 2.05) is 6.92 Å². The van der Waals surface area contributed by atoms with E-state index in [1.165, 1.54) is 19.2 Å². The Balaban J connectivity index is 2.51. The van der Waals surface area contributed by atoms with E-state index in [0.717, 1.165) is 12.8 Å². The Hall–Kier alpha value is -1.62. The van der Waals surface area contributed by atoms with Crippen LogP contribution in [0.4, 0.5) is 4.39 Å². The Morgan fingerprint density at radius 1 is 1.56 bits per heavy atom. The minimum absolute atomic E-state index is 0.0246. The molecule has 0 aliphatic carbocycles. The maximum atomic E-state index is 13.6. The lowest BCUT2D eigenvalue weighted by molar-refractivity contribution is 0.0948. The first-order valence-corrected chi connectivity index (χ1v) is 5.92. The molecule has 100 valence electrons. The number of methoxy groups -OCH3 is 1. The van der Waals surface area contributed by atoms with Crippen LogP contribution < -0.4 is 15.8 Å². The molecule has 0 fully saturated rings. The van der Waals surface area contributed by atoms with E-state index in [0.29, 0.717) is 12.3 Å². The molecule has 0 aliphatic rings. The molecule has 0 radical (unpaired) electrons. The van der Waals surface area contributed by atoms with Crippen molar-refractivity contribution in [1.29, 1.82) is 0 Å². The summed E-state index contributed by atoms with van der Waals surface area (Å²) in [5.41, 5.74) is 5.61. The molecule has 0 saturated heterocycles. The fourth-order valence-electron chi connectivity index (χ4n) is 1.53. The van der Waals surface area contributed by atoms with Gasteiger partial charge in [-0.3, -0.25) is 4.79 Å². The predicted molar refractivity (Wildman–Crippen MR) is 68.2 cm³/mol. The first kappa shape index (κ1) is 14.4. The number of ether oxygens (including phenoxy) is 1. The second-order valence-corrected chi connectivity index (χ2v) is 4.22. The van der Waals surface area contributed by atoms with Gasteiger partial charge >= 0.3 is 0 Å². The molecule has 1 rings (SSSR count). The van der Waals surface area contributed by atoms with E-state index in [2.05, 4.69) is 5.32 Å². The highest BCUT2D eigenvalue weighted by Crippen LogP contribution is 2.16. The number of hydrogen-bond donors (Lipinski definition) is 2. The van der Waals surface area contributed by atoms with E-state index >= 15 is 0 Å². The lowest BCUT2D eigenvalue weighted by Gasteiger charge is -2.08. The topological polar surface area (TPSA) is 64.3 Å². The zero-order valence-corrected chi connectivity index (χ0v) is 10.7. The van der Waals surface area contributed by atoms with Crippen molar-refractivity contribution in [2.75, 3.05) is 13.7 Å².